The summed E-state index contributed by atoms with van der Waals surface area (Å²) in [6, 6.07) is 26.2. The molecule has 0 amide bonds. The Bertz CT molecular complexity index is 946. The highest BCUT2D eigenvalue weighted by Gasteiger charge is 2.47. The number of epoxide rings is 1. The summed E-state index contributed by atoms with van der Waals surface area (Å²) in [7, 11) is 0. The molecule has 1 heterocycles. The van der Waals surface area contributed by atoms with E-state index in [1.165, 1.54) is 5.56 Å². The minimum atomic E-state index is -0.611. The number of aliphatic hydroxyl groups is 1. The number of rotatable bonds is 7. The van der Waals surface area contributed by atoms with E-state index >= 15 is 0 Å². The summed E-state index contributed by atoms with van der Waals surface area (Å²) >= 11 is 0. The smallest absolute Gasteiger partial charge is 0.140 e. The van der Waals surface area contributed by atoms with Gasteiger partial charge in [0.05, 0.1) is 19.1 Å². The molecular weight excluding hydrogens is 348 g/mol. The zero-order valence-corrected chi connectivity index (χ0v) is 15.9. The first-order valence-electron chi connectivity index (χ1n) is 9.63. The van der Waals surface area contributed by atoms with E-state index in [0.717, 1.165) is 28.5 Å². The third-order valence-electron chi connectivity index (χ3n) is 5.73. The number of benzene rings is 3. The minimum absolute atomic E-state index is 0.0450. The Morgan fingerprint density at radius 1 is 0.964 bits per heavy atom. The van der Waals surface area contributed by atoms with E-state index in [-0.39, 0.29) is 18.4 Å². The molecule has 3 atom stereocenters. The first-order valence-corrected chi connectivity index (χ1v) is 9.63. The van der Waals surface area contributed by atoms with Crippen LogP contribution in [-0.4, -0.2) is 24.6 Å². The lowest BCUT2D eigenvalue weighted by Gasteiger charge is -2.23. The second-order valence-electron chi connectivity index (χ2n) is 7.44. The molecule has 0 bridgehead atoms. The standard InChI is InChI=1S/C25H24O3/c1-18(19-8-4-2-5-9-19)22-14-21(12-13-24(22)25(16-27)17-28-25)23(15-26)20-10-6-3-7-11-20/h2-15,18,23,27H,16-17H2,1H3. The van der Waals surface area contributed by atoms with Crippen molar-refractivity contribution in [2.45, 2.75) is 24.4 Å². The van der Waals surface area contributed by atoms with Crippen LogP contribution in [0.15, 0.2) is 78.9 Å². The van der Waals surface area contributed by atoms with Gasteiger partial charge in [0.1, 0.15) is 11.9 Å². The average Bonchev–Trinajstić information content (AvgIpc) is 3.56. The minimum Gasteiger partial charge on any atom is -0.393 e. The van der Waals surface area contributed by atoms with Gasteiger partial charge >= 0.3 is 0 Å². The van der Waals surface area contributed by atoms with E-state index in [2.05, 4.69) is 25.1 Å². The highest BCUT2D eigenvalue weighted by Crippen LogP contribution is 2.44. The SMILES string of the molecule is CC(c1ccccc1)c1cc(C(C=O)c2ccccc2)ccc1C1(CO)CO1. The Hall–Kier alpha value is -2.75. The van der Waals surface area contributed by atoms with Gasteiger partial charge < -0.3 is 14.6 Å². The van der Waals surface area contributed by atoms with Crippen molar-refractivity contribution in [1.29, 1.82) is 0 Å². The van der Waals surface area contributed by atoms with Crippen molar-refractivity contribution in [2.75, 3.05) is 13.2 Å². The van der Waals surface area contributed by atoms with Crippen LogP contribution < -0.4 is 0 Å². The average molecular weight is 372 g/mol. The molecule has 4 rings (SSSR count). The van der Waals surface area contributed by atoms with Crippen LogP contribution in [0.1, 0.15) is 46.6 Å². The molecule has 0 aromatic heterocycles. The van der Waals surface area contributed by atoms with Gasteiger partial charge in [0, 0.05) is 5.92 Å². The second-order valence-corrected chi connectivity index (χ2v) is 7.44. The lowest BCUT2D eigenvalue weighted by molar-refractivity contribution is -0.108. The molecule has 1 aliphatic rings. The number of hydrogen-bond acceptors (Lipinski definition) is 3. The van der Waals surface area contributed by atoms with Gasteiger partial charge in [-0.15, -0.1) is 0 Å². The van der Waals surface area contributed by atoms with E-state index in [4.69, 9.17) is 4.74 Å². The summed E-state index contributed by atoms with van der Waals surface area (Å²) in [5, 5.41) is 9.91. The molecular formula is C25H24O3. The van der Waals surface area contributed by atoms with Crippen LogP contribution in [0.2, 0.25) is 0 Å². The van der Waals surface area contributed by atoms with Crippen molar-refractivity contribution in [3.8, 4) is 0 Å². The largest absolute Gasteiger partial charge is 0.393 e. The summed E-state index contributed by atoms with van der Waals surface area (Å²) in [5.74, 6) is -0.200. The molecule has 0 spiro atoms. The van der Waals surface area contributed by atoms with Crippen LogP contribution in [0.5, 0.6) is 0 Å². The van der Waals surface area contributed by atoms with Crippen LogP contribution in [0.4, 0.5) is 0 Å². The molecule has 0 aliphatic carbocycles. The third kappa shape index (κ3) is 3.39. The van der Waals surface area contributed by atoms with E-state index in [9.17, 15) is 9.90 Å². The van der Waals surface area contributed by atoms with Crippen molar-refractivity contribution in [1.82, 2.24) is 0 Å². The molecule has 1 N–H and O–H groups in total. The van der Waals surface area contributed by atoms with Gasteiger partial charge in [0.25, 0.3) is 0 Å². The first kappa shape index (κ1) is 18.6. The molecule has 3 aromatic carbocycles. The predicted molar refractivity (Wildman–Crippen MR) is 109 cm³/mol. The third-order valence-corrected chi connectivity index (χ3v) is 5.73. The highest BCUT2D eigenvalue weighted by molar-refractivity contribution is 5.69. The lowest BCUT2D eigenvalue weighted by Crippen LogP contribution is -2.18. The summed E-state index contributed by atoms with van der Waals surface area (Å²) < 4.78 is 5.65. The Kier molecular flexibility index (Phi) is 5.12. The molecule has 3 heteroatoms. The maximum absolute atomic E-state index is 11.9. The normalized spacial score (nSPS) is 20.4. The topological polar surface area (TPSA) is 49.8 Å². The number of carbonyl (C=O) groups excluding carboxylic acids is 1. The first-order chi connectivity index (χ1) is 13.7. The highest BCUT2D eigenvalue weighted by atomic mass is 16.6. The quantitative estimate of drug-likeness (QED) is 0.494. The fraction of sp³-hybridized carbons (Fsp3) is 0.240. The van der Waals surface area contributed by atoms with Gasteiger partial charge in [-0.05, 0) is 27.8 Å². The van der Waals surface area contributed by atoms with Gasteiger partial charge in [-0.2, -0.15) is 0 Å². The summed E-state index contributed by atoms with van der Waals surface area (Å²) in [6.07, 6.45) is 0.997. The van der Waals surface area contributed by atoms with E-state index in [1.807, 2.05) is 60.7 Å². The Balaban J connectivity index is 1.82. The fourth-order valence-electron chi connectivity index (χ4n) is 3.90. The number of carbonyl (C=O) groups is 1. The Labute approximate surface area is 165 Å². The Morgan fingerprint density at radius 2 is 1.57 bits per heavy atom. The molecule has 1 fully saturated rings. The van der Waals surface area contributed by atoms with Crippen molar-refractivity contribution < 1.29 is 14.6 Å². The number of hydrogen-bond donors (Lipinski definition) is 1. The maximum atomic E-state index is 11.9. The van der Waals surface area contributed by atoms with E-state index in [1.54, 1.807) is 0 Å². The van der Waals surface area contributed by atoms with Gasteiger partial charge in [-0.3, -0.25) is 0 Å². The number of aliphatic hydroxyl groups excluding tert-OH is 1. The van der Waals surface area contributed by atoms with Crippen LogP contribution in [-0.2, 0) is 15.1 Å². The van der Waals surface area contributed by atoms with Gasteiger partial charge in [0.2, 0.25) is 0 Å². The van der Waals surface area contributed by atoms with Crippen molar-refractivity contribution in [2.24, 2.45) is 0 Å². The molecule has 0 radical (unpaired) electrons. The summed E-state index contributed by atoms with van der Waals surface area (Å²) in [5.41, 5.74) is 4.61. The zero-order chi connectivity index (χ0) is 19.6. The number of aldehydes is 1. The Morgan fingerprint density at radius 3 is 2.11 bits per heavy atom. The predicted octanol–water partition coefficient (Wildman–Crippen LogP) is 4.39. The van der Waals surface area contributed by atoms with Gasteiger partial charge in [-0.25, -0.2) is 0 Å². The van der Waals surface area contributed by atoms with Crippen molar-refractivity contribution in [3.63, 3.8) is 0 Å². The molecule has 28 heavy (non-hydrogen) atoms. The molecule has 1 saturated heterocycles. The zero-order valence-electron chi connectivity index (χ0n) is 15.9. The maximum Gasteiger partial charge on any atom is 0.140 e. The van der Waals surface area contributed by atoms with Crippen LogP contribution in [0.25, 0.3) is 0 Å². The van der Waals surface area contributed by atoms with Crippen LogP contribution in [0.3, 0.4) is 0 Å². The van der Waals surface area contributed by atoms with Gasteiger partial charge in [0.15, 0.2) is 0 Å². The number of ether oxygens (including phenoxy) is 1. The monoisotopic (exact) mass is 372 g/mol. The second kappa shape index (κ2) is 7.70. The molecule has 0 saturated carbocycles. The van der Waals surface area contributed by atoms with Crippen molar-refractivity contribution >= 4 is 6.29 Å². The molecule has 3 unspecified atom stereocenters. The van der Waals surface area contributed by atoms with Crippen LogP contribution >= 0.6 is 0 Å². The lowest BCUT2D eigenvalue weighted by atomic mass is 9.81. The van der Waals surface area contributed by atoms with Crippen molar-refractivity contribution in [3.05, 3.63) is 107 Å². The van der Waals surface area contributed by atoms with E-state index < -0.39 is 5.60 Å². The fourth-order valence-corrected chi connectivity index (χ4v) is 3.90. The molecule has 3 aromatic rings. The van der Waals surface area contributed by atoms with Crippen LogP contribution in [0, 0.1) is 0 Å². The molecule has 3 nitrogen and oxygen atoms in total. The van der Waals surface area contributed by atoms with Gasteiger partial charge in [-0.1, -0.05) is 85.8 Å². The molecule has 1 aliphatic heterocycles. The summed E-state index contributed by atoms with van der Waals surface area (Å²) in [4.78, 5) is 11.9. The molecule has 142 valence electrons. The summed E-state index contributed by atoms with van der Waals surface area (Å²) in [6.45, 7) is 2.63. The van der Waals surface area contributed by atoms with E-state index in [0.29, 0.717) is 6.61 Å².